The highest BCUT2D eigenvalue weighted by atomic mass is 79.9. The maximum atomic E-state index is 5.75. The summed E-state index contributed by atoms with van der Waals surface area (Å²) in [6.45, 7) is 3.01. The Morgan fingerprint density at radius 2 is 1.63 bits per heavy atom. The van der Waals surface area contributed by atoms with Crippen LogP contribution < -0.4 is 4.74 Å². The van der Waals surface area contributed by atoms with Crippen molar-refractivity contribution in [3.8, 4) is 5.75 Å². The van der Waals surface area contributed by atoms with Crippen LogP contribution in [-0.4, -0.2) is 11.9 Å². The van der Waals surface area contributed by atoms with Crippen LogP contribution in [0.25, 0.3) is 0 Å². The van der Waals surface area contributed by atoms with Gasteiger partial charge in [-0.15, -0.1) is 0 Å². The lowest BCUT2D eigenvalue weighted by Gasteiger charge is -2.10. The van der Waals surface area contributed by atoms with Crippen LogP contribution in [0.4, 0.5) is 0 Å². The predicted octanol–water partition coefficient (Wildman–Crippen LogP) is 5.75. The molecule has 0 heterocycles. The van der Waals surface area contributed by atoms with Crippen LogP contribution in [-0.2, 0) is 6.42 Å². The second kappa shape index (κ2) is 11.3. The molecule has 0 atom stereocenters. The minimum absolute atomic E-state index is 0.744. The number of ether oxygens (including phenoxy) is 1. The SMILES string of the molecule is CCCCCCCCCc1ccccc1OCCBr. The minimum atomic E-state index is 0.744. The summed E-state index contributed by atoms with van der Waals surface area (Å²) in [4.78, 5) is 0. The van der Waals surface area contributed by atoms with Crippen LogP contribution in [0.15, 0.2) is 24.3 Å². The molecule has 19 heavy (non-hydrogen) atoms. The maximum Gasteiger partial charge on any atom is 0.122 e. The summed E-state index contributed by atoms with van der Waals surface area (Å²) in [5.74, 6) is 1.06. The molecule has 0 aliphatic heterocycles. The van der Waals surface area contributed by atoms with E-state index >= 15 is 0 Å². The largest absolute Gasteiger partial charge is 0.492 e. The molecule has 0 N–H and O–H groups in total. The molecule has 0 fully saturated rings. The third kappa shape index (κ3) is 7.61. The number of hydrogen-bond acceptors (Lipinski definition) is 1. The van der Waals surface area contributed by atoms with Gasteiger partial charge in [-0.3, -0.25) is 0 Å². The van der Waals surface area contributed by atoms with E-state index in [1.807, 2.05) is 0 Å². The van der Waals surface area contributed by atoms with E-state index in [-0.39, 0.29) is 0 Å². The van der Waals surface area contributed by atoms with Crippen molar-refractivity contribution in [2.24, 2.45) is 0 Å². The number of hydrogen-bond donors (Lipinski definition) is 0. The lowest BCUT2D eigenvalue weighted by atomic mass is 10.0. The summed E-state index contributed by atoms with van der Waals surface area (Å²) in [6.07, 6.45) is 10.7. The van der Waals surface area contributed by atoms with E-state index in [2.05, 4.69) is 47.1 Å². The van der Waals surface area contributed by atoms with Crippen molar-refractivity contribution in [3.05, 3.63) is 29.8 Å². The number of aryl methyl sites for hydroxylation is 1. The van der Waals surface area contributed by atoms with Gasteiger partial charge in [0.05, 0.1) is 6.61 Å². The monoisotopic (exact) mass is 326 g/mol. The summed E-state index contributed by atoms with van der Waals surface area (Å²) in [5, 5.41) is 0.888. The molecule has 0 aliphatic carbocycles. The lowest BCUT2D eigenvalue weighted by Crippen LogP contribution is -2.00. The quantitative estimate of drug-likeness (QED) is 0.371. The Morgan fingerprint density at radius 1 is 0.947 bits per heavy atom. The fraction of sp³-hybridized carbons (Fsp3) is 0.647. The van der Waals surface area contributed by atoms with Crippen molar-refractivity contribution in [1.82, 2.24) is 0 Å². The van der Waals surface area contributed by atoms with Crippen molar-refractivity contribution in [2.45, 2.75) is 58.3 Å². The van der Waals surface area contributed by atoms with Crippen LogP contribution in [0.1, 0.15) is 57.4 Å². The molecular weight excluding hydrogens is 300 g/mol. The zero-order valence-corrected chi connectivity index (χ0v) is 13.8. The number of halogens is 1. The molecule has 0 bridgehead atoms. The highest BCUT2D eigenvalue weighted by Crippen LogP contribution is 2.21. The third-order valence-electron chi connectivity index (χ3n) is 3.36. The summed E-state index contributed by atoms with van der Waals surface area (Å²) >= 11 is 3.40. The van der Waals surface area contributed by atoms with Gasteiger partial charge < -0.3 is 4.74 Å². The molecule has 0 aliphatic rings. The van der Waals surface area contributed by atoms with E-state index in [1.54, 1.807) is 0 Å². The normalized spacial score (nSPS) is 10.6. The Morgan fingerprint density at radius 3 is 2.37 bits per heavy atom. The second-order valence-electron chi connectivity index (χ2n) is 5.02. The first-order valence-corrected chi connectivity index (χ1v) is 8.77. The second-order valence-corrected chi connectivity index (χ2v) is 5.81. The Labute approximate surface area is 126 Å². The zero-order chi connectivity index (χ0) is 13.8. The fourth-order valence-electron chi connectivity index (χ4n) is 2.27. The van der Waals surface area contributed by atoms with Gasteiger partial charge in [0.15, 0.2) is 0 Å². The van der Waals surface area contributed by atoms with Gasteiger partial charge in [-0.05, 0) is 24.5 Å². The van der Waals surface area contributed by atoms with Crippen LogP contribution >= 0.6 is 15.9 Å². The first-order chi connectivity index (χ1) is 9.38. The number of para-hydroxylation sites is 1. The standard InChI is InChI=1S/C17H27BrO/c1-2-3-4-5-6-7-8-11-16-12-9-10-13-17(16)19-15-14-18/h9-10,12-13H,2-8,11,14-15H2,1H3. The van der Waals surface area contributed by atoms with Gasteiger partial charge in [-0.1, -0.05) is 79.6 Å². The molecule has 0 saturated carbocycles. The highest BCUT2D eigenvalue weighted by Gasteiger charge is 2.02. The Hall–Kier alpha value is -0.500. The molecular formula is C17H27BrO. The molecule has 0 radical (unpaired) electrons. The van der Waals surface area contributed by atoms with E-state index in [9.17, 15) is 0 Å². The van der Waals surface area contributed by atoms with Gasteiger partial charge in [-0.25, -0.2) is 0 Å². The van der Waals surface area contributed by atoms with E-state index in [0.717, 1.165) is 24.1 Å². The Kier molecular flexibility index (Phi) is 9.88. The van der Waals surface area contributed by atoms with Crippen LogP contribution in [0.2, 0.25) is 0 Å². The number of unbranched alkanes of at least 4 members (excludes halogenated alkanes) is 6. The van der Waals surface area contributed by atoms with Crippen molar-refractivity contribution in [3.63, 3.8) is 0 Å². The Bertz CT molecular complexity index is 325. The summed E-state index contributed by atoms with van der Waals surface area (Å²) in [5.41, 5.74) is 1.36. The Balaban J connectivity index is 2.21. The molecule has 1 nitrogen and oxygen atoms in total. The van der Waals surface area contributed by atoms with Gasteiger partial charge in [0, 0.05) is 5.33 Å². The van der Waals surface area contributed by atoms with Gasteiger partial charge in [0.25, 0.3) is 0 Å². The smallest absolute Gasteiger partial charge is 0.122 e. The summed E-state index contributed by atoms with van der Waals surface area (Å²) in [6, 6.07) is 8.44. The molecule has 108 valence electrons. The van der Waals surface area contributed by atoms with Crippen molar-refractivity contribution < 1.29 is 4.74 Å². The molecule has 0 spiro atoms. The molecule has 0 saturated heterocycles. The van der Waals surface area contributed by atoms with Crippen LogP contribution in [0.5, 0.6) is 5.75 Å². The molecule has 1 aromatic rings. The first kappa shape index (κ1) is 16.6. The van der Waals surface area contributed by atoms with Crippen LogP contribution in [0, 0.1) is 0 Å². The number of alkyl halides is 1. The summed E-state index contributed by atoms with van der Waals surface area (Å²) in [7, 11) is 0. The predicted molar refractivity (Wildman–Crippen MR) is 87.4 cm³/mol. The number of benzene rings is 1. The number of rotatable bonds is 11. The zero-order valence-electron chi connectivity index (χ0n) is 12.2. The van der Waals surface area contributed by atoms with E-state index in [0.29, 0.717) is 0 Å². The van der Waals surface area contributed by atoms with Crippen LogP contribution in [0.3, 0.4) is 0 Å². The average Bonchev–Trinajstić information content (AvgIpc) is 2.45. The first-order valence-electron chi connectivity index (χ1n) is 7.65. The van der Waals surface area contributed by atoms with Gasteiger partial charge in [-0.2, -0.15) is 0 Å². The minimum Gasteiger partial charge on any atom is -0.492 e. The van der Waals surface area contributed by atoms with E-state index in [4.69, 9.17) is 4.74 Å². The maximum absolute atomic E-state index is 5.75. The molecule has 2 heteroatoms. The summed E-state index contributed by atoms with van der Waals surface area (Å²) < 4.78 is 5.75. The lowest BCUT2D eigenvalue weighted by molar-refractivity contribution is 0.341. The van der Waals surface area contributed by atoms with Crippen molar-refractivity contribution in [2.75, 3.05) is 11.9 Å². The average molecular weight is 327 g/mol. The molecule has 1 aromatic carbocycles. The van der Waals surface area contributed by atoms with Crippen molar-refractivity contribution >= 4 is 15.9 Å². The molecule has 0 unspecified atom stereocenters. The topological polar surface area (TPSA) is 9.23 Å². The highest BCUT2D eigenvalue weighted by molar-refractivity contribution is 9.09. The van der Waals surface area contributed by atoms with E-state index in [1.165, 1.54) is 50.5 Å². The van der Waals surface area contributed by atoms with Gasteiger partial charge >= 0.3 is 0 Å². The van der Waals surface area contributed by atoms with E-state index < -0.39 is 0 Å². The fourth-order valence-corrected chi connectivity index (χ4v) is 2.43. The molecule has 0 aromatic heterocycles. The molecule has 0 amide bonds. The third-order valence-corrected chi connectivity index (χ3v) is 3.68. The van der Waals surface area contributed by atoms with Gasteiger partial charge in [0.2, 0.25) is 0 Å². The molecule has 1 rings (SSSR count). The van der Waals surface area contributed by atoms with Gasteiger partial charge in [0.1, 0.15) is 5.75 Å². The van der Waals surface area contributed by atoms with Crippen molar-refractivity contribution in [1.29, 1.82) is 0 Å².